The topological polar surface area (TPSA) is 58.6 Å². The van der Waals surface area contributed by atoms with Crippen LogP contribution in [0.2, 0.25) is 0 Å². The molecule has 2 aromatic rings. The summed E-state index contributed by atoms with van der Waals surface area (Å²) in [5, 5.41) is 3.41. The van der Waals surface area contributed by atoms with Crippen LogP contribution in [0, 0.1) is 0 Å². The average molecular weight is 361 g/mol. The molecule has 0 saturated heterocycles. The molecule has 4 nitrogen and oxygen atoms in total. The van der Waals surface area contributed by atoms with E-state index in [1.165, 1.54) is 0 Å². The van der Waals surface area contributed by atoms with Gasteiger partial charge in [-0.2, -0.15) is 0 Å². The predicted octanol–water partition coefficient (Wildman–Crippen LogP) is 5.10. The largest absolute Gasteiger partial charge is 0.344 e. The lowest BCUT2D eigenvalue weighted by Gasteiger charge is -2.29. The van der Waals surface area contributed by atoms with Gasteiger partial charge in [0.1, 0.15) is 5.78 Å². The molecule has 0 aromatic heterocycles. The maximum Gasteiger partial charge on any atom is 0.344 e. The van der Waals surface area contributed by atoms with Crippen molar-refractivity contribution in [2.24, 2.45) is 0 Å². The first-order valence-corrected chi connectivity index (χ1v) is 10.6. The second kappa shape index (κ2) is 9.88. The molecule has 2 atom stereocenters. The molecular formula is C20H28NO3P. The molecule has 0 saturated carbocycles. The molecule has 0 spiro atoms. The SMILES string of the molecule is CCCCC(NC(c1ccccc1)c1ccccc1)P(=O)(O)OCC. The van der Waals surface area contributed by atoms with Gasteiger partial charge in [0.25, 0.3) is 0 Å². The number of hydrogen-bond acceptors (Lipinski definition) is 3. The van der Waals surface area contributed by atoms with Crippen molar-refractivity contribution in [2.75, 3.05) is 6.61 Å². The van der Waals surface area contributed by atoms with Crippen LogP contribution in [0.3, 0.4) is 0 Å². The minimum Gasteiger partial charge on any atom is -0.323 e. The monoisotopic (exact) mass is 361 g/mol. The lowest BCUT2D eigenvalue weighted by atomic mass is 9.98. The van der Waals surface area contributed by atoms with E-state index in [0.29, 0.717) is 6.42 Å². The lowest BCUT2D eigenvalue weighted by molar-refractivity contribution is 0.253. The van der Waals surface area contributed by atoms with Crippen LogP contribution in [-0.2, 0) is 9.09 Å². The van der Waals surface area contributed by atoms with Gasteiger partial charge >= 0.3 is 7.60 Å². The summed E-state index contributed by atoms with van der Waals surface area (Å²) in [6, 6.07) is 19.8. The highest BCUT2D eigenvalue weighted by atomic mass is 31.2. The van der Waals surface area contributed by atoms with Gasteiger partial charge in [0.05, 0.1) is 12.6 Å². The third kappa shape index (κ3) is 5.79. The van der Waals surface area contributed by atoms with Gasteiger partial charge < -0.3 is 9.42 Å². The van der Waals surface area contributed by atoms with Crippen LogP contribution in [-0.4, -0.2) is 17.3 Å². The lowest BCUT2D eigenvalue weighted by Crippen LogP contribution is -2.34. The molecule has 2 unspecified atom stereocenters. The minimum atomic E-state index is -3.74. The summed E-state index contributed by atoms with van der Waals surface area (Å²) in [6.45, 7) is 4.04. The highest BCUT2D eigenvalue weighted by Gasteiger charge is 2.34. The number of benzene rings is 2. The van der Waals surface area contributed by atoms with Gasteiger partial charge in [-0.05, 0) is 24.5 Å². The summed E-state index contributed by atoms with van der Waals surface area (Å²) in [6.07, 6.45) is 2.43. The second-order valence-electron chi connectivity index (χ2n) is 6.06. The quantitative estimate of drug-likeness (QED) is 0.578. The van der Waals surface area contributed by atoms with Gasteiger partial charge in [0.15, 0.2) is 0 Å². The highest BCUT2D eigenvalue weighted by Crippen LogP contribution is 2.49. The summed E-state index contributed by atoms with van der Waals surface area (Å²) in [7, 11) is -3.74. The van der Waals surface area contributed by atoms with Crippen molar-refractivity contribution in [3.05, 3.63) is 71.8 Å². The van der Waals surface area contributed by atoms with Crippen molar-refractivity contribution in [1.29, 1.82) is 0 Å². The van der Waals surface area contributed by atoms with E-state index in [1.807, 2.05) is 60.7 Å². The summed E-state index contributed by atoms with van der Waals surface area (Å²) in [4.78, 5) is 10.4. The van der Waals surface area contributed by atoms with Crippen LogP contribution in [0.5, 0.6) is 0 Å². The smallest absolute Gasteiger partial charge is 0.323 e. The first-order valence-electron chi connectivity index (χ1n) is 8.91. The number of rotatable bonds is 10. The fraction of sp³-hybridized carbons (Fsp3) is 0.400. The van der Waals surface area contributed by atoms with E-state index >= 15 is 0 Å². The Morgan fingerprint density at radius 1 is 1.00 bits per heavy atom. The fourth-order valence-electron chi connectivity index (χ4n) is 2.88. The molecule has 5 heteroatoms. The van der Waals surface area contributed by atoms with Crippen LogP contribution < -0.4 is 5.32 Å². The Morgan fingerprint density at radius 2 is 1.52 bits per heavy atom. The van der Waals surface area contributed by atoms with Crippen molar-refractivity contribution in [3.8, 4) is 0 Å². The van der Waals surface area contributed by atoms with E-state index in [4.69, 9.17) is 4.52 Å². The molecule has 0 heterocycles. The molecule has 2 rings (SSSR count). The van der Waals surface area contributed by atoms with Gasteiger partial charge in [-0.25, -0.2) is 0 Å². The second-order valence-corrected chi connectivity index (χ2v) is 8.07. The van der Waals surface area contributed by atoms with Gasteiger partial charge in [0, 0.05) is 0 Å². The molecular weight excluding hydrogens is 333 g/mol. The molecule has 0 amide bonds. The Labute approximate surface area is 150 Å². The maximum absolute atomic E-state index is 12.7. The van der Waals surface area contributed by atoms with Crippen molar-refractivity contribution < 1.29 is 14.0 Å². The zero-order valence-electron chi connectivity index (χ0n) is 15.0. The van der Waals surface area contributed by atoms with E-state index in [2.05, 4.69) is 12.2 Å². The number of nitrogens with one attached hydrogen (secondary N) is 1. The predicted molar refractivity (Wildman–Crippen MR) is 103 cm³/mol. The van der Waals surface area contributed by atoms with Crippen LogP contribution in [0.4, 0.5) is 0 Å². The Bertz CT molecular complexity index is 624. The Kier molecular flexibility index (Phi) is 7.86. The molecule has 2 aromatic carbocycles. The molecule has 0 fully saturated rings. The molecule has 0 radical (unpaired) electrons. The van der Waals surface area contributed by atoms with Crippen molar-refractivity contribution in [3.63, 3.8) is 0 Å². The van der Waals surface area contributed by atoms with Crippen molar-refractivity contribution in [2.45, 2.75) is 44.9 Å². The van der Waals surface area contributed by atoms with Crippen LogP contribution >= 0.6 is 7.60 Å². The van der Waals surface area contributed by atoms with Crippen molar-refractivity contribution in [1.82, 2.24) is 5.32 Å². The van der Waals surface area contributed by atoms with Gasteiger partial charge in [-0.15, -0.1) is 0 Å². The third-order valence-corrected chi connectivity index (χ3v) is 5.99. The van der Waals surface area contributed by atoms with E-state index < -0.39 is 13.4 Å². The molecule has 0 bridgehead atoms. The standard InChI is InChI=1S/C20H28NO3P/c1-3-5-16-19(25(22,23)24-4-2)21-20(17-12-8-6-9-13-17)18-14-10-7-11-15-18/h6-15,19-21H,3-5,16H2,1-2H3,(H,22,23). The maximum atomic E-state index is 12.7. The molecule has 0 aliphatic rings. The zero-order chi connectivity index (χ0) is 18.1. The third-order valence-electron chi connectivity index (χ3n) is 4.16. The van der Waals surface area contributed by atoms with E-state index in [9.17, 15) is 9.46 Å². The zero-order valence-corrected chi connectivity index (χ0v) is 15.9. The van der Waals surface area contributed by atoms with Gasteiger partial charge in [-0.3, -0.25) is 9.88 Å². The highest BCUT2D eigenvalue weighted by molar-refractivity contribution is 7.53. The van der Waals surface area contributed by atoms with E-state index in [1.54, 1.807) is 6.92 Å². The van der Waals surface area contributed by atoms with E-state index in [0.717, 1.165) is 24.0 Å². The fourth-order valence-corrected chi connectivity index (χ4v) is 4.28. The summed E-state index contributed by atoms with van der Waals surface area (Å²) < 4.78 is 17.9. The normalized spacial score (nSPS) is 15.0. The summed E-state index contributed by atoms with van der Waals surface area (Å²) in [5.74, 6) is -0.599. The first kappa shape index (κ1) is 19.9. The summed E-state index contributed by atoms with van der Waals surface area (Å²) in [5.41, 5.74) is 2.12. The van der Waals surface area contributed by atoms with Crippen LogP contribution in [0.25, 0.3) is 0 Å². The number of unbranched alkanes of at least 4 members (excludes halogenated alkanes) is 1. The molecule has 136 valence electrons. The molecule has 25 heavy (non-hydrogen) atoms. The van der Waals surface area contributed by atoms with Gasteiger partial charge in [0.2, 0.25) is 0 Å². The van der Waals surface area contributed by atoms with Crippen molar-refractivity contribution >= 4 is 7.60 Å². The summed E-state index contributed by atoms with van der Waals surface area (Å²) >= 11 is 0. The first-order chi connectivity index (χ1) is 12.1. The Balaban J connectivity index is 2.33. The van der Waals surface area contributed by atoms with E-state index in [-0.39, 0.29) is 12.6 Å². The molecule has 0 aliphatic carbocycles. The molecule has 2 N–H and O–H groups in total. The average Bonchev–Trinajstić information content (AvgIpc) is 2.63. The Morgan fingerprint density at radius 3 is 1.96 bits per heavy atom. The van der Waals surface area contributed by atoms with Gasteiger partial charge in [-0.1, -0.05) is 80.4 Å². The minimum absolute atomic E-state index is 0.162. The Hall–Kier alpha value is -1.45. The van der Waals surface area contributed by atoms with Crippen LogP contribution in [0.15, 0.2) is 60.7 Å². The van der Waals surface area contributed by atoms with Crippen LogP contribution in [0.1, 0.15) is 50.3 Å². The number of hydrogen-bond donors (Lipinski definition) is 2. The molecule has 0 aliphatic heterocycles.